The van der Waals surface area contributed by atoms with E-state index in [1.54, 1.807) is 25.5 Å². The first kappa shape index (κ1) is 25.4. The normalized spacial score (nSPS) is 12.8. The van der Waals surface area contributed by atoms with Crippen molar-refractivity contribution in [1.82, 2.24) is 19.5 Å². The maximum Gasteiger partial charge on any atom is 0.356 e. The Morgan fingerprint density at radius 2 is 1.88 bits per heavy atom. The second kappa shape index (κ2) is 11.8. The van der Waals surface area contributed by atoms with Crippen LogP contribution in [0.4, 0.5) is 10.3 Å². The number of fused-ring (bicyclic) bond motifs is 1. The molecule has 1 aromatic carbocycles. The van der Waals surface area contributed by atoms with Crippen molar-refractivity contribution < 1.29 is 27.5 Å². The SMILES string of the molecule is CCOP(=O)(CO[C@H](CF)Cn1cnc2c(Sc3ccc(OC)cc3)nc(N)nc21)OCC. The van der Waals surface area contributed by atoms with Crippen LogP contribution in [-0.2, 0) is 24.9 Å². The van der Waals surface area contributed by atoms with Crippen molar-refractivity contribution in [2.45, 2.75) is 36.4 Å². The van der Waals surface area contributed by atoms with Crippen LogP contribution >= 0.6 is 19.4 Å². The zero-order valence-corrected chi connectivity index (χ0v) is 20.4. The minimum Gasteiger partial charge on any atom is -0.497 e. The highest BCUT2D eigenvalue weighted by Gasteiger charge is 2.26. The summed E-state index contributed by atoms with van der Waals surface area (Å²) in [6, 6.07) is 7.48. The number of rotatable bonds is 13. The van der Waals surface area contributed by atoms with Gasteiger partial charge in [-0.15, -0.1) is 0 Å². The van der Waals surface area contributed by atoms with E-state index in [1.165, 1.54) is 18.1 Å². The molecule has 3 rings (SSSR count). The first-order valence-electron chi connectivity index (χ1n) is 10.3. The molecule has 0 amide bonds. The average Bonchev–Trinajstić information content (AvgIpc) is 3.20. The van der Waals surface area contributed by atoms with E-state index in [1.807, 2.05) is 24.3 Å². The predicted molar refractivity (Wildman–Crippen MR) is 123 cm³/mol. The Labute approximate surface area is 195 Å². The summed E-state index contributed by atoms with van der Waals surface area (Å²) < 4.78 is 49.0. The molecule has 0 aliphatic heterocycles. The molecule has 2 N–H and O–H groups in total. The Balaban J connectivity index is 1.78. The summed E-state index contributed by atoms with van der Waals surface area (Å²) in [7, 11) is -1.86. The highest BCUT2D eigenvalue weighted by Crippen LogP contribution is 2.48. The van der Waals surface area contributed by atoms with Gasteiger partial charge in [-0.05, 0) is 38.1 Å². The average molecular weight is 500 g/mol. The van der Waals surface area contributed by atoms with E-state index >= 15 is 0 Å². The molecule has 13 heteroatoms. The molecule has 0 saturated heterocycles. The van der Waals surface area contributed by atoms with Gasteiger partial charge in [-0.25, -0.2) is 14.4 Å². The van der Waals surface area contributed by atoms with Crippen LogP contribution in [0.3, 0.4) is 0 Å². The van der Waals surface area contributed by atoms with Gasteiger partial charge in [0.05, 0.1) is 33.2 Å². The number of nitrogens with zero attached hydrogens (tertiary/aromatic N) is 4. The van der Waals surface area contributed by atoms with Gasteiger partial charge in [-0.1, -0.05) is 11.8 Å². The fourth-order valence-electron chi connectivity index (χ4n) is 2.96. The molecular formula is C20H27FN5O5PS. The van der Waals surface area contributed by atoms with Crippen molar-refractivity contribution in [2.24, 2.45) is 0 Å². The topological polar surface area (TPSA) is 124 Å². The molecule has 0 unspecified atom stereocenters. The molecule has 0 radical (unpaired) electrons. The van der Waals surface area contributed by atoms with Crippen molar-refractivity contribution >= 4 is 36.5 Å². The van der Waals surface area contributed by atoms with Crippen LogP contribution in [0.1, 0.15) is 13.8 Å². The number of halogens is 1. The quantitative estimate of drug-likeness (QED) is 0.271. The summed E-state index contributed by atoms with van der Waals surface area (Å²) in [6.45, 7) is 3.04. The molecule has 1 atom stereocenters. The smallest absolute Gasteiger partial charge is 0.356 e. The van der Waals surface area contributed by atoms with E-state index in [4.69, 9.17) is 24.3 Å². The van der Waals surface area contributed by atoms with E-state index in [0.717, 1.165) is 10.6 Å². The largest absolute Gasteiger partial charge is 0.497 e. The number of imidazole rings is 1. The van der Waals surface area contributed by atoms with Gasteiger partial charge < -0.3 is 28.8 Å². The number of nitrogen functional groups attached to an aromatic ring is 1. The van der Waals surface area contributed by atoms with Gasteiger partial charge in [0.15, 0.2) is 5.65 Å². The Bertz CT molecular complexity index is 1090. The van der Waals surface area contributed by atoms with Gasteiger partial charge in [-0.3, -0.25) is 4.57 Å². The van der Waals surface area contributed by atoms with Gasteiger partial charge in [0.2, 0.25) is 5.95 Å². The van der Waals surface area contributed by atoms with Gasteiger partial charge in [-0.2, -0.15) is 4.98 Å². The summed E-state index contributed by atoms with van der Waals surface area (Å²) >= 11 is 1.38. The minimum atomic E-state index is -3.46. The molecule has 0 fully saturated rings. The number of ether oxygens (including phenoxy) is 2. The number of hydrogen-bond acceptors (Lipinski definition) is 10. The maximum absolute atomic E-state index is 13.7. The minimum absolute atomic E-state index is 0.0650. The molecule has 2 aromatic heterocycles. The molecule has 10 nitrogen and oxygen atoms in total. The molecule has 0 bridgehead atoms. The van der Waals surface area contributed by atoms with E-state index in [0.29, 0.717) is 16.2 Å². The number of methoxy groups -OCH3 is 1. The van der Waals surface area contributed by atoms with Gasteiger partial charge in [0, 0.05) is 4.90 Å². The second-order valence-corrected chi connectivity index (χ2v) is 9.81. The van der Waals surface area contributed by atoms with Gasteiger partial charge >= 0.3 is 7.60 Å². The van der Waals surface area contributed by atoms with Crippen LogP contribution in [0.15, 0.2) is 40.5 Å². The standard InChI is InChI=1S/C20H27FN5O5PS/c1-4-30-32(27,31-5-2)13-29-15(10-21)11-26-12-23-17-18(26)24-20(22)25-19(17)33-16-8-6-14(28-3)7-9-16/h6-9,12,15H,4-5,10-11,13H2,1-3H3,(H2,22,24,25)/t15-/m1/s1. The molecule has 0 saturated carbocycles. The Morgan fingerprint density at radius 1 is 1.18 bits per heavy atom. The van der Waals surface area contributed by atoms with Gasteiger partial charge in [0.1, 0.15) is 35.4 Å². The molecule has 0 aliphatic carbocycles. The van der Waals surface area contributed by atoms with Crippen molar-refractivity contribution in [3.63, 3.8) is 0 Å². The highest BCUT2D eigenvalue weighted by molar-refractivity contribution is 7.99. The first-order chi connectivity index (χ1) is 15.9. The van der Waals surface area contributed by atoms with Crippen LogP contribution in [-0.4, -0.2) is 59.0 Å². The highest BCUT2D eigenvalue weighted by atomic mass is 32.2. The predicted octanol–water partition coefficient (Wildman–Crippen LogP) is 4.15. The van der Waals surface area contributed by atoms with E-state index in [2.05, 4.69) is 15.0 Å². The van der Waals surface area contributed by atoms with Crippen molar-refractivity contribution in [2.75, 3.05) is 39.1 Å². The van der Waals surface area contributed by atoms with Crippen LogP contribution < -0.4 is 10.5 Å². The fourth-order valence-corrected chi connectivity index (χ4v) is 5.24. The number of nitrogens with two attached hydrogens (primary N) is 1. The second-order valence-electron chi connectivity index (χ2n) is 6.75. The fraction of sp³-hybridized carbons (Fsp3) is 0.450. The summed E-state index contributed by atoms with van der Waals surface area (Å²) in [5.41, 5.74) is 6.89. The Kier molecular flexibility index (Phi) is 9.04. The maximum atomic E-state index is 13.7. The van der Waals surface area contributed by atoms with E-state index < -0.39 is 20.4 Å². The third-order valence-corrected chi connectivity index (χ3v) is 7.17. The zero-order valence-electron chi connectivity index (χ0n) is 18.6. The van der Waals surface area contributed by atoms with Crippen LogP contribution in [0.5, 0.6) is 5.75 Å². The lowest BCUT2D eigenvalue weighted by molar-refractivity contribution is 0.0385. The number of anilines is 1. The monoisotopic (exact) mass is 499 g/mol. The lowest BCUT2D eigenvalue weighted by Gasteiger charge is -2.20. The molecule has 0 aliphatic rings. The molecule has 180 valence electrons. The van der Waals surface area contributed by atoms with Crippen LogP contribution in [0.25, 0.3) is 11.2 Å². The number of aromatic nitrogens is 4. The van der Waals surface area contributed by atoms with Crippen LogP contribution in [0, 0.1) is 0 Å². The summed E-state index contributed by atoms with van der Waals surface area (Å²) in [6.07, 6.45) is 0.254. The summed E-state index contributed by atoms with van der Waals surface area (Å²) in [4.78, 5) is 13.9. The Hall–Kier alpha value is -2.24. The lowest BCUT2D eigenvalue weighted by atomic mass is 10.3. The third kappa shape index (κ3) is 6.64. The third-order valence-electron chi connectivity index (χ3n) is 4.42. The zero-order chi connectivity index (χ0) is 23.8. The lowest BCUT2D eigenvalue weighted by Crippen LogP contribution is -2.23. The summed E-state index contributed by atoms with van der Waals surface area (Å²) in [5, 5.41) is 0.566. The number of alkyl halides is 1. The molecule has 0 spiro atoms. The van der Waals surface area contributed by atoms with Crippen molar-refractivity contribution in [3.8, 4) is 5.75 Å². The Morgan fingerprint density at radius 3 is 2.48 bits per heavy atom. The van der Waals surface area contributed by atoms with E-state index in [9.17, 15) is 8.96 Å². The molecular weight excluding hydrogens is 472 g/mol. The molecule has 3 aromatic rings. The first-order valence-corrected chi connectivity index (χ1v) is 12.8. The van der Waals surface area contributed by atoms with Crippen LogP contribution in [0.2, 0.25) is 0 Å². The number of benzene rings is 1. The van der Waals surface area contributed by atoms with Crippen molar-refractivity contribution in [1.29, 1.82) is 0 Å². The molecule has 2 heterocycles. The molecule has 33 heavy (non-hydrogen) atoms. The number of hydrogen-bond donors (Lipinski definition) is 1. The van der Waals surface area contributed by atoms with Crippen molar-refractivity contribution in [3.05, 3.63) is 30.6 Å². The summed E-state index contributed by atoms with van der Waals surface area (Å²) in [5.74, 6) is 0.807. The van der Waals surface area contributed by atoms with E-state index in [-0.39, 0.29) is 32.1 Å². The van der Waals surface area contributed by atoms with Gasteiger partial charge in [0.25, 0.3) is 0 Å².